The topological polar surface area (TPSA) is 49.7 Å². The zero-order chi connectivity index (χ0) is 15.3. The van der Waals surface area contributed by atoms with Crippen LogP contribution in [-0.2, 0) is 11.3 Å². The fraction of sp³-hybridized carbons (Fsp3) is 0.579. The number of hydrogen-bond donors (Lipinski definition) is 2. The number of rotatable bonds is 3. The Morgan fingerprint density at radius 1 is 1.09 bits per heavy atom. The first-order valence-corrected chi connectivity index (χ1v) is 8.40. The Hall–Kier alpha value is -1.48. The fourth-order valence-electron chi connectivity index (χ4n) is 5.36. The Morgan fingerprint density at radius 3 is 2.27 bits per heavy atom. The summed E-state index contributed by atoms with van der Waals surface area (Å²) in [5.41, 5.74) is 3.15. The third-order valence-corrected chi connectivity index (χ3v) is 5.99. The molecule has 0 saturated heterocycles. The average Bonchev–Trinajstić information content (AvgIpc) is 2.50. The van der Waals surface area contributed by atoms with E-state index in [0.717, 1.165) is 28.7 Å². The van der Waals surface area contributed by atoms with E-state index >= 15 is 0 Å². The molecule has 0 amide bonds. The molecule has 3 nitrogen and oxygen atoms in total. The van der Waals surface area contributed by atoms with E-state index in [1.165, 1.54) is 37.7 Å². The summed E-state index contributed by atoms with van der Waals surface area (Å²) in [7, 11) is 1.72. The third kappa shape index (κ3) is 2.14. The molecule has 2 N–H and O–H groups in total. The van der Waals surface area contributed by atoms with E-state index in [0.29, 0.717) is 11.8 Å². The van der Waals surface area contributed by atoms with Gasteiger partial charge in [0, 0.05) is 5.56 Å². The molecule has 4 aliphatic rings. The van der Waals surface area contributed by atoms with Crippen molar-refractivity contribution in [2.24, 2.45) is 23.7 Å². The highest BCUT2D eigenvalue weighted by molar-refractivity contribution is 5.68. The van der Waals surface area contributed by atoms with E-state index in [-0.39, 0.29) is 12.4 Å². The number of phenols is 1. The minimum Gasteiger partial charge on any atom is -0.508 e. The number of aromatic hydroxyl groups is 1. The van der Waals surface area contributed by atoms with Gasteiger partial charge in [0.2, 0.25) is 0 Å². The molecule has 0 aromatic heterocycles. The summed E-state index contributed by atoms with van der Waals surface area (Å²) in [6.45, 7) is -0.0314. The molecule has 5 rings (SSSR count). The van der Waals surface area contributed by atoms with Crippen LogP contribution in [0.1, 0.15) is 43.2 Å². The first kappa shape index (κ1) is 14.1. The molecule has 0 heterocycles. The van der Waals surface area contributed by atoms with Crippen molar-refractivity contribution >= 4 is 5.76 Å². The highest BCUT2D eigenvalue weighted by Crippen LogP contribution is 2.58. The molecule has 0 unspecified atom stereocenters. The van der Waals surface area contributed by atoms with Crippen molar-refractivity contribution in [2.45, 2.75) is 38.7 Å². The van der Waals surface area contributed by atoms with Crippen LogP contribution in [0.3, 0.4) is 0 Å². The van der Waals surface area contributed by atoms with Crippen LogP contribution in [0.5, 0.6) is 5.75 Å². The van der Waals surface area contributed by atoms with Gasteiger partial charge in [-0.3, -0.25) is 0 Å². The fourth-order valence-corrected chi connectivity index (χ4v) is 5.36. The van der Waals surface area contributed by atoms with Gasteiger partial charge in [0.05, 0.1) is 13.7 Å². The standard InChI is InChI=1S/C19H24O3/c1-22-19(17-9-16(21)3-2-13(17)10-20)18-14-5-11-4-12(7-14)8-15(18)6-11/h2-3,9,11-12,14-15,20-21H,4-8,10H2,1H3. The van der Waals surface area contributed by atoms with Crippen molar-refractivity contribution in [1.82, 2.24) is 0 Å². The van der Waals surface area contributed by atoms with Crippen LogP contribution in [0.4, 0.5) is 0 Å². The molecule has 0 spiro atoms. The van der Waals surface area contributed by atoms with Crippen LogP contribution in [0.25, 0.3) is 5.76 Å². The maximum absolute atomic E-state index is 9.87. The predicted molar refractivity (Wildman–Crippen MR) is 85.0 cm³/mol. The molecule has 118 valence electrons. The lowest BCUT2D eigenvalue weighted by molar-refractivity contribution is 0.0675. The third-order valence-electron chi connectivity index (χ3n) is 5.99. The molecule has 1 aromatic carbocycles. The lowest BCUT2D eigenvalue weighted by Crippen LogP contribution is -2.41. The lowest BCUT2D eigenvalue weighted by Gasteiger charge is -2.51. The quantitative estimate of drug-likeness (QED) is 0.837. The molecule has 4 bridgehead atoms. The van der Waals surface area contributed by atoms with Gasteiger partial charge < -0.3 is 14.9 Å². The van der Waals surface area contributed by atoms with Gasteiger partial charge in [0.15, 0.2) is 0 Å². The summed E-state index contributed by atoms with van der Waals surface area (Å²) in [5, 5.41) is 19.5. The van der Waals surface area contributed by atoms with E-state index in [9.17, 15) is 10.2 Å². The Bertz CT molecular complexity index is 587. The first-order chi connectivity index (χ1) is 10.7. The predicted octanol–water partition coefficient (Wildman–Crippen LogP) is 3.70. The van der Waals surface area contributed by atoms with Crippen molar-refractivity contribution in [2.75, 3.05) is 7.11 Å². The Balaban J connectivity index is 1.83. The molecule has 4 saturated carbocycles. The van der Waals surface area contributed by atoms with Gasteiger partial charge >= 0.3 is 0 Å². The zero-order valence-corrected chi connectivity index (χ0v) is 13.1. The normalized spacial score (nSPS) is 32.4. The second kappa shape index (κ2) is 5.31. The largest absolute Gasteiger partial charge is 0.508 e. The van der Waals surface area contributed by atoms with E-state index in [2.05, 4.69) is 0 Å². The van der Waals surface area contributed by atoms with Gasteiger partial charge in [0.1, 0.15) is 11.5 Å². The van der Waals surface area contributed by atoms with E-state index < -0.39 is 0 Å². The molecule has 1 aromatic rings. The zero-order valence-electron chi connectivity index (χ0n) is 13.1. The lowest BCUT2D eigenvalue weighted by atomic mass is 9.54. The first-order valence-electron chi connectivity index (χ1n) is 8.40. The minimum atomic E-state index is -0.0314. The maximum Gasteiger partial charge on any atom is 0.126 e. The summed E-state index contributed by atoms with van der Waals surface area (Å²) < 4.78 is 5.82. The van der Waals surface area contributed by atoms with Crippen LogP contribution in [-0.4, -0.2) is 17.3 Å². The Kier molecular flexibility index (Phi) is 3.41. The van der Waals surface area contributed by atoms with Gasteiger partial charge in [-0.25, -0.2) is 0 Å². The summed E-state index contributed by atoms with van der Waals surface area (Å²) in [5.74, 6) is 4.23. The number of ether oxygens (including phenoxy) is 1. The second-order valence-electron chi connectivity index (χ2n) is 7.29. The molecule has 3 heteroatoms. The molecule has 4 fully saturated rings. The molecule has 22 heavy (non-hydrogen) atoms. The SMILES string of the molecule is COC(=C1C2CC3CC(C2)CC1C3)c1cc(O)ccc1CO. The number of phenolic OH excluding ortho intramolecular Hbond substituents is 1. The smallest absolute Gasteiger partial charge is 0.126 e. The van der Waals surface area contributed by atoms with Gasteiger partial charge in [0.25, 0.3) is 0 Å². The molecular formula is C19H24O3. The monoisotopic (exact) mass is 300 g/mol. The van der Waals surface area contributed by atoms with Crippen LogP contribution >= 0.6 is 0 Å². The molecular weight excluding hydrogens is 276 g/mol. The van der Waals surface area contributed by atoms with Crippen molar-refractivity contribution in [1.29, 1.82) is 0 Å². The summed E-state index contributed by atoms with van der Waals surface area (Å²) in [6.07, 6.45) is 6.60. The van der Waals surface area contributed by atoms with Crippen molar-refractivity contribution < 1.29 is 14.9 Å². The highest BCUT2D eigenvalue weighted by atomic mass is 16.5. The number of aliphatic hydroxyl groups excluding tert-OH is 1. The van der Waals surface area contributed by atoms with Crippen molar-refractivity contribution in [3.05, 3.63) is 34.9 Å². The summed E-state index contributed by atoms with van der Waals surface area (Å²) >= 11 is 0. The van der Waals surface area contributed by atoms with Crippen molar-refractivity contribution in [3.63, 3.8) is 0 Å². The van der Waals surface area contributed by atoms with Gasteiger partial charge in [-0.05, 0) is 79.0 Å². The number of allylic oxidation sites excluding steroid dienone is 1. The molecule has 0 radical (unpaired) electrons. The highest BCUT2D eigenvalue weighted by Gasteiger charge is 2.46. The minimum absolute atomic E-state index is 0.0314. The Labute approximate surface area is 131 Å². The van der Waals surface area contributed by atoms with Gasteiger partial charge in [-0.2, -0.15) is 0 Å². The van der Waals surface area contributed by atoms with Crippen LogP contribution in [0.2, 0.25) is 0 Å². The number of hydrogen-bond acceptors (Lipinski definition) is 3. The van der Waals surface area contributed by atoms with Crippen LogP contribution < -0.4 is 0 Å². The van der Waals surface area contributed by atoms with Gasteiger partial charge in [-0.1, -0.05) is 6.07 Å². The average molecular weight is 300 g/mol. The van der Waals surface area contributed by atoms with Crippen LogP contribution in [0.15, 0.2) is 23.8 Å². The van der Waals surface area contributed by atoms with Gasteiger partial charge in [-0.15, -0.1) is 0 Å². The molecule has 0 atom stereocenters. The molecule has 0 aliphatic heterocycles. The number of aliphatic hydroxyl groups is 1. The van der Waals surface area contributed by atoms with E-state index in [1.54, 1.807) is 25.3 Å². The number of methoxy groups -OCH3 is 1. The second-order valence-corrected chi connectivity index (χ2v) is 7.29. The summed E-state index contributed by atoms with van der Waals surface area (Å²) in [6, 6.07) is 5.16. The van der Waals surface area contributed by atoms with Crippen LogP contribution in [0, 0.1) is 23.7 Å². The summed E-state index contributed by atoms with van der Waals surface area (Å²) in [4.78, 5) is 0. The Morgan fingerprint density at radius 2 is 1.73 bits per heavy atom. The van der Waals surface area contributed by atoms with E-state index in [4.69, 9.17) is 4.74 Å². The van der Waals surface area contributed by atoms with E-state index in [1.807, 2.05) is 0 Å². The van der Waals surface area contributed by atoms with Crippen molar-refractivity contribution in [3.8, 4) is 5.75 Å². The maximum atomic E-state index is 9.87. The molecule has 4 aliphatic carbocycles. The number of benzene rings is 1.